The van der Waals surface area contributed by atoms with Gasteiger partial charge in [-0.1, -0.05) is 31.4 Å². The third kappa shape index (κ3) is 3.81. The van der Waals surface area contributed by atoms with Crippen molar-refractivity contribution in [3.63, 3.8) is 0 Å². The van der Waals surface area contributed by atoms with Crippen LogP contribution >= 0.6 is 0 Å². The third-order valence-electron chi connectivity index (χ3n) is 4.39. The molecule has 1 fully saturated rings. The van der Waals surface area contributed by atoms with Gasteiger partial charge in [-0.3, -0.25) is 0 Å². The van der Waals surface area contributed by atoms with E-state index in [1.165, 1.54) is 37.7 Å². The average molecular weight is 256 g/mol. The van der Waals surface area contributed by atoms with E-state index in [1.807, 2.05) is 18.2 Å². The molecular formula is C17H24N2. The smallest absolute Gasteiger partial charge is 0.0991 e. The largest absolute Gasteiger partial charge is 0.307 e. The highest BCUT2D eigenvalue weighted by Gasteiger charge is 2.21. The van der Waals surface area contributed by atoms with Crippen molar-refractivity contribution in [1.82, 2.24) is 5.32 Å². The highest BCUT2D eigenvalue weighted by atomic mass is 14.9. The Hall–Kier alpha value is -1.33. The van der Waals surface area contributed by atoms with E-state index in [1.54, 1.807) is 0 Å². The summed E-state index contributed by atoms with van der Waals surface area (Å²) in [5.41, 5.74) is 1.96. The van der Waals surface area contributed by atoms with Crippen molar-refractivity contribution in [3.05, 3.63) is 35.4 Å². The second kappa shape index (κ2) is 6.73. The highest BCUT2D eigenvalue weighted by Crippen LogP contribution is 2.27. The van der Waals surface area contributed by atoms with E-state index in [0.29, 0.717) is 12.1 Å². The molecule has 1 N–H and O–H groups in total. The molecule has 2 rings (SSSR count). The summed E-state index contributed by atoms with van der Waals surface area (Å²) >= 11 is 0. The Morgan fingerprint density at radius 3 is 2.63 bits per heavy atom. The fourth-order valence-corrected chi connectivity index (χ4v) is 3.14. The zero-order chi connectivity index (χ0) is 13.7. The van der Waals surface area contributed by atoms with Gasteiger partial charge < -0.3 is 5.32 Å². The first-order chi connectivity index (χ1) is 9.20. The van der Waals surface area contributed by atoms with Crippen molar-refractivity contribution < 1.29 is 0 Å². The first-order valence-electron chi connectivity index (χ1n) is 7.47. The van der Waals surface area contributed by atoms with Gasteiger partial charge in [-0.15, -0.1) is 0 Å². The molecule has 0 saturated heterocycles. The molecule has 19 heavy (non-hydrogen) atoms. The van der Waals surface area contributed by atoms with Gasteiger partial charge >= 0.3 is 0 Å². The molecule has 2 nitrogen and oxygen atoms in total. The molecule has 0 spiro atoms. The number of nitriles is 1. The third-order valence-corrected chi connectivity index (χ3v) is 4.39. The summed E-state index contributed by atoms with van der Waals surface area (Å²) in [5, 5.41) is 12.7. The Morgan fingerprint density at radius 1 is 1.21 bits per heavy atom. The summed E-state index contributed by atoms with van der Waals surface area (Å²) in [7, 11) is 0. The zero-order valence-electron chi connectivity index (χ0n) is 12.0. The minimum Gasteiger partial charge on any atom is -0.307 e. The van der Waals surface area contributed by atoms with Crippen LogP contribution in [-0.4, -0.2) is 6.04 Å². The molecule has 2 heteroatoms. The lowest BCUT2D eigenvalue weighted by Crippen LogP contribution is -2.36. The topological polar surface area (TPSA) is 35.8 Å². The minimum atomic E-state index is 0.310. The molecule has 2 unspecified atom stereocenters. The maximum absolute atomic E-state index is 8.96. The van der Waals surface area contributed by atoms with Crippen molar-refractivity contribution in [2.75, 3.05) is 0 Å². The summed E-state index contributed by atoms with van der Waals surface area (Å²) in [5.74, 6) is 0.815. The van der Waals surface area contributed by atoms with Crippen molar-refractivity contribution in [2.45, 2.75) is 58.0 Å². The highest BCUT2D eigenvalue weighted by molar-refractivity contribution is 5.34. The van der Waals surface area contributed by atoms with E-state index in [0.717, 1.165) is 11.5 Å². The summed E-state index contributed by atoms with van der Waals surface area (Å²) in [4.78, 5) is 0. The molecule has 0 amide bonds. The van der Waals surface area contributed by atoms with Crippen LogP contribution in [0.2, 0.25) is 0 Å². The van der Waals surface area contributed by atoms with Crippen molar-refractivity contribution in [2.24, 2.45) is 5.92 Å². The maximum atomic E-state index is 8.96. The monoisotopic (exact) mass is 256 g/mol. The molecule has 0 radical (unpaired) electrons. The second-order valence-electron chi connectivity index (χ2n) is 5.81. The fourth-order valence-electron chi connectivity index (χ4n) is 3.14. The van der Waals surface area contributed by atoms with E-state index in [2.05, 4.69) is 31.3 Å². The first kappa shape index (κ1) is 14.1. The van der Waals surface area contributed by atoms with Crippen LogP contribution in [-0.2, 0) is 0 Å². The number of nitrogens with zero attached hydrogens (tertiary/aromatic N) is 1. The van der Waals surface area contributed by atoms with Crippen LogP contribution in [0.3, 0.4) is 0 Å². The Kier molecular flexibility index (Phi) is 4.99. The van der Waals surface area contributed by atoms with E-state index in [-0.39, 0.29) is 0 Å². The zero-order valence-corrected chi connectivity index (χ0v) is 12.0. The predicted molar refractivity (Wildman–Crippen MR) is 78.7 cm³/mol. The maximum Gasteiger partial charge on any atom is 0.0991 e. The lowest BCUT2D eigenvalue weighted by Gasteiger charge is -2.30. The van der Waals surface area contributed by atoms with Gasteiger partial charge in [-0.25, -0.2) is 0 Å². The van der Waals surface area contributed by atoms with E-state index < -0.39 is 0 Å². The minimum absolute atomic E-state index is 0.310. The van der Waals surface area contributed by atoms with Gasteiger partial charge in [0.15, 0.2) is 0 Å². The lowest BCUT2D eigenvalue weighted by atomic mass is 9.84. The van der Waals surface area contributed by atoms with Crippen molar-refractivity contribution in [1.29, 1.82) is 5.26 Å². The van der Waals surface area contributed by atoms with Crippen LogP contribution < -0.4 is 5.32 Å². The molecule has 0 aliphatic heterocycles. The SMILES string of the molecule is CC(NC(C)C1CCCCC1)c1cccc(C#N)c1. The number of rotatable bonds is 4. The standard InChI is InChI=1S/C17H24N2/c1-13(16-8-4-3-5-9-16)19-14(2)17-10-6-7-15(11-17)12-18/h6-7,10-11,13-14,16,19H,3-5,8-9H2,1-2H3. The van der Waals surface area contributed by atoms with Crippen molar-refractivity contribution >= 4 is 0 Å². The summed E-state index contributed by atoms with van der Waals surface area (Å²) in [6.07, 6.45) is 6.89. The molecule has 1 saturated carbocycles. The molecule has 102 valence electrons. The second-order valence-corrected chi connectivity index (χ2v) is 5.81. The molecule has 0 bridgehead atoms. The summed E-state index contributed by atoms with van der Waals surface area (Å²) in [6, 6.07) is 11.0. The Morgan fingerprint density at radius 2 is 1.95 bits per heavy atom. The van der Waals surface area contributed by atoms with Crippen molar-refractivity contribution in [3.8, 4) is 6.07 Å². The number of nitrogens with one attached hydrogen (secondary N) is 1. The van der Waals surface area contributed by atoms with Crippen LogP contribution in [0.25, 0.3) is 0 Å². The van der Waals surface area contributed by atoms with Gasteiger partial charge in [0.1, 0.15) is 0 Å². The van der Waals surface area contributed by atoms with Gasteiger partial charge in [-0.05, 0) is 50.3 Å². The average Bonchev–Trinajstić information content (AvgIpc) is 2.48. The fraction of sp³-hybridized carbons (Fsp3) is 0.588. The molecular weight excluding hydrogens is 232 g/mol. The normalized spacial score (nSPS) is 19.6. The van der Waals surface area contributed by atoms with E-state index >= 15 is 0 Å². The van der Waals surface area contributed by atoms with Gasteiger partial charge in [0.05, 0.1) is 11.6 Å². The van der Waals surface area contributed by atoms with Crippen LogP contribution in [0.5, 0.6) is 0 Å². The van der Waals surface area contributed by atoms with Crippen LogP contribution in [0, 0.1) is 17.2 Å². The molecule has 1 aliphatic carbocycles. The Balaban J connectivity index is 1.95. The van der Waals surface area contributed by atoms with Gasteiger partial charge in [0, 0.05) is 12.1 Å². The molecule has 0 aromatic heterocycles. The summed E-state index contributed by atoms with van der Waals surface area (Å²) < 4.78 is 0. The van der Waals surface area contributed by atoms with Crippen LogP contribution in [0.1, 0.15) is 63.1 Å². The van der Waals surface area contributed by atoms with E-state index in [4.69, 9.17) is 5.26 Å². The van der Waals surface area contributed by atoms with E-state index in [9.17, 15) is 0 Å². The lowest BCUT2D eigenvalue weighted by molar-refractivity contribution is 0.268. The molecule has 0 heterocycles. The van der Waals surface area contributed by atoms with Crippen LogP contribution in [0.15, 0.2) is 24.3 Å². The predicted octanol–water partition coefficient (Wildman–Crippen LogP) is 4.18. The van der Waals surface area contributed by atoms with Crippen LogP contribution in [0.4, 0.5) is 0 Å². The van der Waals surface area contributed by atoms with Gasteiger partial charge in [-0.2, -0.15) is 5.26 Å². The number of hydrogen-bond acceptors (Lipinski definition) is 2. The summed E-state index contributed by atoms with van der Waals surface area (Å²) in [6.45, 7) is 4.50. The van der Waals surface area contributed by atoms with Gasteiger partial charge in [0.25, 0.3) is 0 Å². The Bertz CT molecular complexity index is 441. The first-order valence-corrected chi connectivity index (χ1v) is 7.47. The number of benzene rings is 1. The quantitative estimate of drug-likeness (QED) is 0.877. The molecule has 1 aliphatic rings. The number of hydrogen-bond donors (Lipinski definition) is 1. The molecule has 1 aromatic rings. The molecule has 2 atom stereocenters. The van der Waals surface area contributed by atoms with Gasteiger partial charge in [0.2, 0.25) is 0 Å². The Labute approximate surface area is 116 Å². The molecule has 1 aromatic carbocycles.